The molecular weight excluding hydrogens is 314 g/mol. The fraction of sp³-hybridized carbons (Fsp3) is 0.438. The van der Waals surface area contributed by atoms with Crippen molar-refractivity contribution < 1.29 is 4.52 Å². The van der Waals surface area contributed by atoms with E-state index in [9.17, 15) is 0 Å². The molecule has 0 saturated carbocycles. The van der Waals surface area contributed by atoms with Gasteiger partial charge in [0.15, 0.2) is 11.8 Å². The van der Waals surface area contributed by atoms with E-state index >= 15 is 0 Å². The van der Waals surface area contributed by atoms with Crippen molar-refractivity contribution in [3.63, 3.8) is 0 Å². The minimum Gasteiger partial charge on any atom is -0.357 e. The molecule has 0 radical (unpaired) electrons. The van der Waals surface area contributed by atoms with E-state index in [1.54, 1.807) is 0 Å². The lowest BCUT2D eigenvalue weighted by Crippen LogP contribution is -2.37. The van der Waals surface area contributed by atoms with E-state index in [1.165, 1.54) is 0 Å². The number of hydrogen-bond donors (Lipinski definition) is 2. The summed E-state index contributed by atoms with van der Waals surface area (Å²) in [6.07, 6.45) is 1.64. The summed E-state index contributed by atoms with van der Waals surface area (Å²) in [7, 11) is 0. The number of hydrogen-bond acceptors (Lipinski definition) is 4. The van der Waals surface area contributed by atoms with Gasteiger partial charge in [0.1, 0.15) is 0 Å². The highest BCUT2D eigenvalue weighted by Crippen LogP contribution is 2.11. The van der Waals surface area contributed by atoms with Crippen molar-refractivity contribution in [1.82, 2.24) is 20.8 Å². The molecule has 0 unspecified atom stereocenters. The van der Waals surface area contributed by atoms with Crippen LogP contribution >= 0.6 is 11.6 Å². The summed E-state index contributed by atoms with van der Waals surface area (Å²) >= 11 is 5.98. The first kappa shape index (κ1) is 17.3. The van der Waals surface area contributed by atoms with E-state index in [0.29, 0.717) is 18.3 Å². The Kier molecular flexibility index (Phi) is 6.87. The van der Waals surface area contributed by atoms with E-state index in [2.05, 4.69) is 25.8 Å². The van der Waals surface area contributed by atoms with Crippen LogP contribution < -0.4 is 10.6 Å². The van der Waals surface area contributed by atoms with Crippen molar-refractivity contribution in [3.05, 3.63) is 46.6 Å². The monoisotopic (exact) mass is 335 g/mol. The second kappa shape index (κ2) is 9.15. The third-order valence-corrected chi connectivity index (χ3v) is 3.32. The summed E-state index contributed by atoms with van der Waals surface area (Å²) in [6, 6.07) is 7.72. The molecular formula is C16H22ClN5O. The SMILES string of the molecule is CCNC(=NCc1cccc(Cl)c1)NCCCc1nc(C)no1. The molecule has 0 bridgehead atoms. The predicted octanol–water partition coefficient (Wildman–Crippen LogP) is 2.72. The van der Waals surface area contributed by atoms with Gasteiger partial charge in [0.05, 0.1) is 6.54 Å². The fourth-order valence-corrected chi connectivity index (χ4v) is 2.25. The number of nitrogens with zero attached hydrogens (tertiary/aromatic N) is 3. The normalized spacial score (nSPS) is 11.5. The molecule has 1 heterocycles. The van der Waals surface area contributed by atoms with Crippen LogP contribution in [0.15, 0.2) is 33.8 Å². The van der Waals surface area contributed by atoms with Crippen molar-refractivity contribution >= 4 is 17.6 Å². The molecule has 0 fully saturated rings. The van der Waals surface area contributed by atoms with Gasteiger partial charge in [0.2, 0.25) is 5.89 Å². The second-order valence-corrected chi connectivity index (χ2v) is 5.53. The molecule has 0 saturated heterocycles. The third kappa shape index (κ3) is 6.28. The molecule has 0 atom stereocenters. The lowest BCUT2D eigenvalue weighted by Gasteiger charge is -2.10. The highest BCUT2D eigenvalue weighted by Gasteiger charge is 2.03. The average Bonchev–Trinajstić information content (AvgIpc) is 2.94. The van der Waals surface area contributed by atoms with Gasteiger partial charge in [-0.1, -0.05) is 28.9 Å². The van der Waals surface area contributed by atoms with Crippen molar-refractivity contribution in [1.29, 1.82) is 0 Å². The maximum Gasteiger partial charge on any atom is 0.226 e. The first-order chi connectivity index (χ1) is 11.2. The minimum atomic E-state index is 0.582. The van der Waals surface area contributed by atoms with Gasteiger partial charge in [-0.2, -0.15) is 4.98 Å². The Morgan fingerprint density at radius 1 is 1.35 bits per heavy atom. The van der Waals surface area contributed by atoms with Gasteiger partial charge in [0.25, 0.3) is 0 Å². The van der Waals surface area contributed by atoms with Crippen LogP contribution in [-0.4, -0.2) is 29.2 Å². The van der Waals surface area contributed by atoms with Crippen LogP contribution in [0.1, 0.15) is 30.6 Å². The van der Waals surface area contributed by atoms with E-state index in [4.69, 9.17) is 16.1 Å². The molecule has 1 aromatic heterocycles. The maximum absolute atomic E-state index is 5.98. The average molecular weight is 336 g/mol. The Labute approximate surface area is 141 Å². The Morgan fingerprint density at radius 3 is 2.91 bits per heavy atom. The molecule has 0 amide bonds. The van der Waals surface area contributed by atoms with Gasteiger partial charge in [0, 0.05) is 24.5 Å². The van der Waals surface area contributed by atoms with Crippen molar-refractivity contribution in [2.45, 2.75) is 33.2 Å². The van der Waals surface area contributed by atoms with Crippen LogP contribution in [-0.2, 0) is 13.0 Å². The van der Waals surface area contributed by atoms with Crippen LogP contribution in [0.25, 0.3) is 0 Å². The molecule has 124 valence electrons. The van der Waals surface area contributed by atoms with Crippen molar-refractivity contribution in [2.75, 3.05) is 13.1 Å². The number of rotatable bonds is 7. The summed E-state index contributed by atoms with van der Waals surface area (Å²) < 4.78 is 5.09. The lowest BCUT2D eigenvalue weighted by molar-refractivity contribution is 0.372. The number of aromatic nitrogens is 2. The molecule has 23 heavy (non-hydrogen) atoms. The Morgan fingerprint density at radius 2 is 2.22 bits per heavy atom. The number of benzene rings is 1. The van der Waals surface area contributed by atoms with Crippen LogP contribution in [0.5, 0.6) is 0 Å². The van der Waals surface area contributed by atoms with Crippen LogP contribution in [0.4, 0.5) is 0 Å². The molecule has 7 heteroatoms. The van der Waals surface area contributed by atoms with E-state index in [1.807, 2.05) is 38.1 Å². The van der Waals surface area contributed by atoms with Gasteiger partial charge >= 0.3 is 0 Å². The molecule has 6 nitrogen and oxygen atoms in total. The van der Waals surface area contributed by atoms with Gasteiger partial charge in [-0.3, -0.25) is 0 Å². The summed E-state index contributed by atoms with van der Waals surface area (Å²) in [4.78, 5) is 8.74. The Balaban J connectivity index is 1.79. The number of aryl methyl sites for hydroxylation is 2. The standard InChI is InChI=1S/C16H22ClN5O/c1-3-18-16(20-11-13-6-4-7-14(17)10-13)19-9-5-8-15-21-12(2)22-23-15/h4,6-7,10H,3,5,8-9,11H2,1-2H3,(H2,18,19,20). The van der Waals surface area contributed by atoms with Crippen LogP contribution in [0.3, 0.4) is 0 Å². The number of halogens is 1. The van der Waals surface area contributed by atoms with Gasteiger partial charge in [-0.05, 0) is 38.0 Å². The molecule has 1 aromatic carbocycles. The van der Waals surface area contributed by atoms with Gasteiger partial charge in [-0.15, -0.1) is 0 Å². The van der Waals surface area contributed by atoms with E-state index in [-0.39, 0.29) is 0 Å². The lowest BCUT2D eigenvalue weighted by atomic mass is 10.2. The first-order valence-corrected chi connectivity index (χ1v) is 8.11. The Bertz CT molecular complexity index is 641. The molecule has 0 aliphatic carbocycles. The molecule has 0 aliphatic heterocycles. The number of guanidine groups is 1. The largest absolute Gasteiger partial charge is 0.357 e. The smallest absolute Gasteiger partial charge is 0.226 e. The summed E-state index contributed by atoms with van der Waals surface area (Å²) in [5.41, 5.74) is 1.08. The summed E-state index contributed by atoms with van der Waals surface area (Å²) in [5.74, 6) is 2.13. The maximum atomic E-state index is 5.98. The first-order valence-electron chi connectivity index (χ1n) is 7.73. The molecule has 2 N–H and O–H groups in total. The van der Waals surface area contributed by atoms with E-state index < -0.39 is 0 Å². The van der Waals surface area contributed by atoms with Crippen LogP contribution in [0.2, 0.25) is 5.02 Å². The fourth-order valence-electron chi connectivity index (χ4n) is 2.04. The topological polar surface area (TPSA) is 75.3 Å². The highest BCUT2D eigenvalue weighted by atomic mass is 35.5. The third-order valence-electron chi connectivity index (χ3n) is 3.08. The van der Waals surface area contributed by atoms with Crippen molar-refractivity contribution in [3.8, 4) is 0 Å². The quantitative estimate of drug-likeness (QED) is 0.462. The highest BCUT2D eigenvalue weighted by molar-refractivity contribution is 6.30. The summed E-state index contributed by atoms with van der Waals surface area (Å²) in [5, 5.41) is 11.0. The van der Waals surface area contributed by atoms with Crippen LogP contribution in [0, 0.1) is 6.92 Å². The minimum absolute atomic E-state index is 0.582. The predicted molar refractivity (Wildman–Crippen MR) is 91.6 cm³/mol. The van der Waals surface area contributed by atoms with Crippen molar-refractivity contribution in [2.24, 2.45) is 4.99 Å². The number of aliphatic imine (C=N–C) groups is 1. The molecule has 0 spiro atoms. The van der Waals surface area contributed by atoms with Gasteiger partial charge in [-0.25, -0.2) is 4.99 Å². The number of nitrogens with one attached hydrogen (secondary N) is 2. The molecule has 2 rings (SSSR count). The zero-order valence-corrected chi connectivity index (χ0v) is 14.2. The zero-order chi connectivity index (χ0) is 16.5. The zero-order valence-electron chi connectivity index (χ0n) is 13.5. The van der Waals surface area contributed by atoms with Gasteiger partial charge < -0.3 is 15.2 Å². The van der Waals surface area contributed by atoms with E-state index in [0.717, 1.165) is 42.5 Å². The summed E-state index contributed by atoms with van der Waals surface area (Å²) in [6.45, 7) is 6.03. The molecule has 0 aliphatic rings. The second-order valence-electron chi connectivity index (χ2n) is 5.09. The molecule has 2 aromatic rings. The Hall–Kier alpha value is -2.08.